The first-order chi connectivity index (χ1) is 10.8. The minimum atomic E-state index is 0.555. The summed E-state index contributed by atoms with van der Waals surface area (Å²) in [5, 5.41) is 7.15. The van der Waals surface area contributed by atoms with Gasteiger partial charge in [0.1, 0.15) is 0 Å². The molecule has 2 aromatic carbocycles. The molecule has 0 saturated heterocycles. The minimum absolute atomic E-state index is 0.555. The summed E-state index contributed by atoms with van der Waals surface area (Å²) in [5.74, 6) is 0.784. The summed E-state index contributed by atoms with van der Waals surface area (Å²) >= 11 is 7.05. The van der Waals surface area contributed by atoms with E-state index < -0.39 is 0 Å². The fourth-order valence-corrected chi connectivity index (χ4v) is 2.74. The van der Waals surface area contributed by atoms with E-state index in [1.54, 1.807) is 11.8 Å². The van der Waals surface area contributed by atoms with E-state index in [-0.39, 0.29) is 0 Å². The smallest absolute Gasteiger partial charge is 0.214 e. The average Bonchev–Trinajstić information content (AvgIpc) is 2.95. The van der Waals surface area contributed by atoms with Crippen molar-refractivity contribution in [1.29, 1.82) is 0 Å². The second-order valence-corrected chi connectivity index (χ2v) is 6.00. The Morgan fingerprint density at radius 1 is 1.14 bits per heavy atom. The third-order valence-electron chi connectivity index (χ3n) is 3.30. The second-order valence-electron chi connectivity index (χ2n) is 4.74. The van der Waals surface area contributed by atoms with Crippen molar-refractivity contribution in [2.24, 2.45) is 0 Å². The Morgan fingerprint density at radius 3 is 2.55 bits per heavy atom. The zero-order valence-electron chi connectivity index (χ0n) is 12.1. The van der Waals surface area contributed by atoms with Gasteiger partial charge in [0.25, 0.3) is 0 Å². The lowest BCUT2D eigenvalue weighted by molar-refractivity contribution is 0.831. The summed E-state index contributed by atoms with van der Waals surface area (Å²) in [6, 6.07) is 18.4. The average molecular weight is 328 g/mol. The first-order valence-corrected chi connectivity index (χ1v) is 8.51. The van der Waals surface area contributed by atoms with Crippen LogP contribution in [0.3, 0.4) is 0 Å². The Bertz CT molecular complexity index is 791. The molecule has 2 N–H and O–H groups in total. The number of benzene rings is 2. The number of nitrogens with zero attached hydrogens (tertiary/aromatic N) is 2. The van der Waals surface area contributed by atoms with E-state index >= 15 is 0 Å². The molecule has 1 heterocycles. The molecule has 0 fully saturated rings. The zero-order valence-corrected chi connectivity index (χ0v) is 13.7. The molecule has 4 nitrogen and oxygen atoms in total. The van der Waals surface area contributed by atoms with Crippen LogP contribution in [0.1, 0.15) is 5.56 Å². The molecule has 0 spiro atoms. The quantitative estimate of drug-likeness (QED) is 0.547. The number of hydrogen-bond donors (Lipinski definition) is 2. The van der Waals surface area contributed by atoms with Crippen molar-refractivity contribution < 1.29 is 0 Å². The molecule has 112 valence electrons. The molecular formula is C16H16N4S2. The van der Waals surface area contributed by atoms with Gasteiger partial charge < -0.3 is 5.43 Å². The van der Waals surface area contributed by atoms with E-state index in [2.05, 4.69) is 46.1 Å². The first kappa shape index (κ1) is 14.9. The van der Waals surface area contributed by atoms with E-state index in [9.17, 15) is 0 Å². The van der Waals surface area contributed by atoms with Crippen molar-refractivity contribution >= 4 is 24.0 Å². The third-order valence-corrected chi connectivity index (χ3v) is 4.32. The normalized spacial score (nSPS) is 10.6. The maximum absolute atomic E-state index is 5.31. The monoisotopic (exact) mass is 328 g/mol. The molecule has 0 aliphatic heterocycles. The lowest BCUT2D eigenvalue weighted by Gasteiger charge is -2.10. The largest absolute Gasteiger partial charge is 0.317 e. The van der Waals surface area contributed by atoms with E-state index in [1.165, 1.54) is 10.5 Å². The Kier molecular flexibility index (Phi) is 4.60. The standard InChI is InChI=1S/C16H16N4S2/c1-22-14-9-7-12(8-10-14)11-17-20-15(18-19-16(20)21)13-5-3-2-4-6-13/h2-10,17H,11H2,1H3,(H,19,21). The van der Waals surface area contributed by atoms with Crippen LogP contribution in [-0.2, 0) is 6.54 Å². The lowest BCUT2D eigenvalue weighted by atomic mass is 10.2. The third kappa shape index (κ3) is 3.23. The van der Waals surface area contributed by atoms with Crippen molar-refractivity contribution in [3.63, 3.8) is 0 Å². The summed E-state index contributed by atoms with van der Waals surface area (Å²) in [6.07, 6.45) is 2.07. The number of aromatic nitrogens is 3. The van der Waals surface area contributed by atoms with Gasteiger partial charge in [-0.25, -0.2) is 9.77 Å². The summed E-state index contributed by atoms with van der Waals surface area (Å²) in [7, 11) is 0. The highest BCUT2D eigenvalue weighted by atomic mass is 32.2. The van der Waals surface area contributed by atoms with Gasteiger partial charge >= 0.3 is 0 Å². The Morgan fingerprint density at radius 2 is 1.86 bits per heavy atom. The molecule has 0 saturated carbocycles. The maximum atomic E-state index is 5.31. The molecule has 22 heavy (non-hydrogen) atoms. The SMILES string of the molecule is CSc1ccc(CNn2c(-c3ccccc3)n[nH]c2=S)cc1. The molecule has 0 aliphatic carbocycles. The minimum Gasteiger partial charge on any atom is -0.317 e. The van der Waals surface area contributed by atoms with Crippen LogP contribution < -0.4 is 5.43 Å². The van der Waals surface area contributed by atoms with Gasteiger partial charge in [0.2, 0.25) is 4.77 Å². The number of thioether (sulfide) groups is 1. The van der Waals surface area contributed by atoms with Crippen LogP contribution in [0.25, 0.3) is 11.4 Å². The summed E-state index contributed by atoms with van der Waals surface area (Å²) in [6.45, 7) is 0.683. The molecule has 0 amide bonds. The van der Waals surface area contributed by atoms with Gasteiger partial charge in [-0.05, 0) is 36.2 Å². The van der Waals surface area contributed by atoms with Crippen molar-refractivity contribution in [3.8, 4) is 11.4 Å². The highest BCUT2D eigenvalue weighted by Gasteiger charge is 2.08. The van der Waals surface area contributed by atoms with Crippen molar-refractivity contribution in [2.45, 2.75) is 11.4 Å². The number of H-pyrrole nitrogens is 1. The van der Waals surface area contributed by atoms with Gasteiger partial charge in [0.05, 0.1) is 6.54 Å². The van der Waals surface area contributed by atoms with Crippen LogP contribution in [0.15, 0.2) is 59.5 Å². The highest BCUT2D eigenvalue weighted by Crippen LogP contribution is 2.17. The van der Waals surface area contributed by atoms with Gasteiger partial charge in [-0.15, -0.1) is 11.8 Å². The molecule has 6 heteroatoms. The predicted molar refractivity (Wildman–Crippen MR) is 94.1 cm³/mol. The number of aromatic amines is 1. The summed E-state index contributed by atoms with van der Waals surface area (Å²) in [4.78, 5) is 1.26. The van der Waals surface area contributed by atoms with E-state index in [0.29, 0.717) is 11.3 Å². The predicted octanol–water partition coefficient (Wildman–Crippen LogP) is 4.07. The van der Waals surface area contributed by atoms with E-state index in [0.717, 1.165) is 11.4 Å². The molecule has 0 bridgehead atoms. The molecule has 0 unspecified atom stereocenters. The fourth-order valence-electron chi connectivity index (χ4n) is 2.14. The van der Waals surface area contributed by atoms with Crippen LogP contribution in [0.4, 0.5) is 0 Å². The number of hydrogen-bond acceptors (Lipinski definition) is 4. The molecule has 0 radical (unpaired) electrons. The topological polar surface area (TPSA) is 45.6 Å². The van der Waals surface area contributed by atoms with Gasteiger partial charge in [0, 0.05) is 10.5 Å². The number of nitrogens with one attached hydrogen (secondary N) is 2. The van der Waals surface area contributed by atoms with Crippen LogP contribution in [0.2, 0.25) is 0 Å². The van der Waals surface area contributed by atoms with Crippen LogP contribution in [0.5, 0.6) is 0 Å². The summed E-state index contributed by atoms with van der Waals surface area (Å²) in [5.41, 5.74) is 5.53. The van der Waals surface area contributed by atoms with Crippen molar-refractivity contribution in [2.75, 3.05) is 11.7 Å². The molecule has 3 aromatic rings. The number of rotatable bonds is 5. The lowest BCUT2D eigenvalue weighted by Crippen LogP contribution is -2.15. The van der Waals surface area contributed by atoms with Crippen molar-refractivity contribution in [1.82, 2.24) is 14.9 Å². The van der Waals surface area contributed by atoms with Gasteiger partial charge in [-0.1, -0.05) is 42.5 Å². The molecule has 0 aliphatic rings. The first-order valence-electron chi connectivity index (χ1n) is 6.87. The molecular weight excluding hydrogens is 312 g/mol. The Hall–Kier alpha value is -2.05. The van der Waals surface area contributed by atoms with Gasteiger partial charge in [-0.2, -0.15) is 5.10 Å². The van der Waals surface area contributed by atoms with Gasteiger partial charge in [-0.3, -0.25) is 0 Å². The fraction of sp³-hybridized carbons (Fsp3) is 0.125. The summed E-state index contributed by atoms with van der Waals surface area (Å²) < 4.78 is 2.37. The van der Waals surface area contributed by atoms with Crippen LogP contribution in [-0.4, -0.2) is 21.1 Å². The maximum Gasteiger partial charge on any atom is 0.214 e. The molecule has 3 rings (SSSR count). The molecule has 0 atom stereocenters. The van der Waals surface area contributed by atoms with Crippen molar-refractivity contribution in [3.05, 3.63) is 64.9 Å². The van der Waals surface area contributed by atoms with Crippen LogP contribution >= 0.6 is 24.0 Å². The Balaban J connectivity index is 1.80. The zero-order chi connectivity index (χ0) is 15.4. The Labute approximate surface area is 138 Å². The van der Waals surface area contributed by atoms with Gasteiger partial charge in [0.15, 0.2) is 5.82 Å². The second kappa shape index (κ2) is 6.81. The van der Waals surface area contributed by atoms with Crippen LogP contribution in [0, 0.1) is 4.77 Å². The van der Waals surface area contributed by atoms with E-state index in [1.807, 2.05) is 35.0 Å². The molecule has 1 aromatic heterocycles. The highest BCUT2D eigenvalue weighted by molar-refractivity contribution is 7.98. The van der Waals surface area contributed by atoms with E-state index in [4.69, 9.17) is 12.2 Å².